The smallest absolute Gasteiger partial charge is 0.468 e. The number of methoxy groups -OCH3 is 2. The molecule has 3 aliphatic rings. The zero-order valence-electron chi connectivity index (χ0n) is 67.3. The molecule has 36 heteroatoms. The summed E-state index contributed by atoms with van der Waals surface area (Å²) in [6.45, 7) is 30.4. The van der Waals surface area contributed by atoms with Crippen molar-refractivity contribution >= 4 is 81.2 Å². The van der Waals surface area contributed by atoms with Crippen molar-refractivity contribution in [3.05, 3.63) is 165 Å². The summed E-state index contributed by atoms with van der Waals surface area (Å²) in [6, 6.07) is 10.6. The maximum Gasteiger partial charge on any atom is 0.501 e. The van der Waals surface area contributed by atoms with Crippen molar-refractivity contribution in [2.75, 3.05) is 77.0 Å². The van der Waals surface area contributed by atoms with Gasteiger partial charge in [0.15, 0.2) is 41.7 Å². The number of benzene rings is 2. The first kappa shape index (κ1) is 87.8. The zero-order chi connectivity index (χ0) is 84.5. The van der Waals surface area contributed by atoms with Crippen molar-refractivity contribution in [1.29, 1.82) is 0 Å². The van der Waals surface area contributed by atoms with Gasteiger partial charge in [-0.25, -0.2) is 37.1 Å². The number of ether oxygens (including phenoxy) is 6. The quantitative estimate of drug-likeness (QED) is 0.0201. The summed E-state index contributed by atoms with van der Waals surface area (Å²) in [5, 5.41) is 45.9. The SMILES string of the molecule is COCOc1cccc(F)c1-c1nc2c(cc1F)c(N1C[C@@H](C)N(C(=O)OC(C)(C)C)C[C@@H]1CO)c([N+](=O)[O-])c(=O)n2-c1c(C)ccnc1C(C)C.COCOc1cccc(F)c1B1OC(C)(C)C(C)(C)O1.Cc1ccnc(C(C)C)c1-n1c(=O)c([N+](=O)[O-])c(N2C[C@@H](C)N(C(=O)OC(C)(C)C)C[C@@H]2CO)c2cc(F)c(Cl)nc21. The molecular formula is C78H96BClF4N12O18. The van der Waals surface area contributed by atoms with Crippen LogP contribution in [0, 0.1) is 57.3 Å². The lowest BCUT2D eigenvalue weighted by Crippen LogP contribution is -2.61. The van der Waals surface area contributed by atoms with Gasteiger partial charge in [0, 0.05) is 64.9 Å². The van der Waals surface area contributed by atoms with E-state index in [4.69, 9.17) is 49.3 Å². The first-order chi connectivity index (χ1) is 53.3. The summed E-state index contributed by atoms with van der Waals surface area (Å²) < 4.78 is 107. The summed E-state index contributed by atoms with van der Waals surface area (Å²) in [5.41, 5.74) is -5.57. The molecule has 0 bridgehead atoms. The Morgan fingerprint density at radius 1 is 0.623 bits per heavy atom. The predicted octanol–water partition coefficient (Wildman–Crippen LogP) is 12.7. The van der Waals surface area contributed by atoms with Crippen LogP contribution in [0.15, 0.2) is 82.6 Å². The van der Waals surface area contributed by atoms with Crippen LogP contribution in [-0.4, -0.2) is 192 Å². The number of hydrogen-bond donors (Lipinski definition) is 2. The number of carbonyl (C=O) groups is 2. The number of nitrogens with zero attached hydrogens (tertiary/aromatic N) is 12. The number of hydrogen-bond acceptors (Lipinski definition) is 24. The van der Waals surface area contributed by atoms with Gasteiger partial charge in [-0.3, -0.25) is 48.9 Å². The molecule has 114 heavy (non-hydrogen) atoms. The monoisotopic (exact) mass is 1610 g/mol. The van der Waals surface area contributed by atoms with Gasteiger partial charge in [-0.1, -0.05) is 51.4 Å². The van der Waals surface area contributed by atoms with E-state index in [0.717, 1.165) is 27.3 Å². The fourth-order valence-corrected chi connectivity index (χ4v) is 13.7. The van der Waals surface area contributed by atoms with E-state index in [1.54, 1.807) is 106 Å². The lowest BCUT2D eigenvalue weighted by molar-refractivity contribution is -0.385. The predicted molar refractivity (Wildman–Crippen MR) is 420 cm³/mol. The summed E-state index contributed by atoms with van der Waals surface area (Å²) >= 11 is 6.11. The summed E-state index contributed by atoms with van der Waals surface area (Å²) in [4.78, 5) is 102. The molecular weight excluding hydrogens is 1520 g/mol. The number of piperazine rings is 2. The Kier molecular flexibility index (Phi) is 26.9. The molecule has 2 aromatic carbocycles. The maximum atomic E-state index is 16.5. The molecule has 11 rings (SSSR count). The van der Waals surface area contributed by atoms with Crippen LogP contribution in [-0.2, 0) is 28.3 Å². The molecule has 30 nitrogen and oxygen atoms in total. The van der Waals surface area contributed by atoms with Gasteiger partial charge in [0.25, 0.3) is 0 Å². The van der Waals surface area contributed by atoms with E-state index in [0.29, 0.717) is 28.3 Å². The molecule has 6 aromatic heterocycles. The minimum absolute atomic E-state index is 0.0305. The lowest BCUT2D eigenvalue weighted by atomic mass is 9.78. The van der Waals surface area contributed by atoms with Gasteiger partial charge < -0.3 is 67.5 Å². The first-order valence-electron chi connectivity index (χ1n) is 36.7. The Balaban J connectivity index is 0.000000214. The number of anilines is 2. The fourth-order valence-electron chi connectivity index (χ4n) is 13.6. The Morgan fingerprint density at radius 2 is 1.03 bits per heavy atom. The highest BCUT2D eigenvalue weighted by molar-refractivity contribution is 6.63. The molecule has 3 aliphatic heterocycles. The number of nitro groups is 2. The lowest BCUT2D eigenvalue weighted by Gasteiger charge is -2.45. The maximum absolute atomic E-state index is 16.5. The third kappa shape index (κ3) is 18.2. The van der Waals surface area contributed by atoms with Gasteiger partial charge in [-0.15, -0.1) is 0 Å². The number of rotatable bonds is 18. The summed E-state index contributed by atoms with van der Waals surface area (Å²) in [6.07, 6.45) is 1.84. The molecule has 0 aliphatic carbocycles. The number of amides is 2. The number of aromatic nitrogens is 6. The molecule has 3 saturated heterocycles. The second-order valence-corrected chi connectivity index (χ2v) is 31.8. The Morgan fingerprint density at radius 3 is 1.43 bits per heavy atom. The van der Waals surface area contributed by atoms with Crippen molar-refractivity contribution in [1.82, 2.24) is 38.9 Å². The van der Waals surface area contributed by atoms with Crippen LogP contribution in [0.25, 0.3) is 44.7 Å². The van der Waals surface area contributed by atoms with Gasteiger partial charge in [0.2, 0.25) is 0 Å². The molecule has 0 radical (unpaired) electrons. The molecule has 0 unspecified atom stereocenters. The van der Waals surface area contributed by atoms with Crippen LogP contribution >= 0.6 is 11.6 Å². The molecule has 614 valence electrons. The van der Waals surface area contributed by atoms with Gasteiger partial charge in [-0.2, -0.15) is 0 Å². The molecule has 3 fully saturated rings. The van der Waals surface area contributed by atoms with E-state index in [1.165, 1.54) is 52.0 Å². The minimum atomic E-state index is -1.11. The molecule has 2 amide bonds. The van der Waals surface area contributed by atoms with Crippen LogP contribution in [0.5, 0.6) is 11.5 Å². The summed E-state index contributed by atoms with van der Waals surface area (Å²) in [7, 11) is 2.07. The largest absolute Gasteiger partial charge is 0.501 e. The van der Waals surface area contributed by atoms with E-state index in [2.05, 4.69) is 19.9 Å². The molecule has 2 N–H and O–H groups in total. The van der Waals surface area contributed by atoms with E-state index >= 15 is 13.2 Å². The topological polar surface area (TPSA) is 343 Å². The van der Waals surface area contributed by atoms with Gasteiger partial charge in [0.05, 0.1) is 90.9 Å². The number of pyridine rings is 6. The Bertz CT molecular complexity index is 5080. The van der Waals surface area contributed by atoms with Crippen molar-refractivity contribution in [2.24, 2.45) is 0 Å². The van der Waals surface area contributed by atoms with E-state index in [-0.39, 0.29) is 113 Å². The average molecular weight is 1610 g/mol. The van der Waals surface area contributed by atoms with Crippen LogP contribution in [0.3, 0.4) is 0 Å². The van der Waals surface area contributed by atoms with Crippen LogP contribution in [0.1, 0.15) is 145 Å². The van der Waals surface area contributed by atoms with E-state index in [1.807, 2.05) is 55.4 Å². The Labute approximate surface area is 661 Å². The molecule has 0 spiro atoms. The number of aliphatic hydroxyl groups excluding tert-OH is 2. The van der Waals surface area contributed by atoms with E-state index in [9.17, 15) is 54.0 Å². The summed E-state index contributed by atoms with van der Waals surface area (Å²) in [5.74, 6) is -3.53. The van der Waals surface area contributed by atoms with Gasteiger partial charge >= 0.3 is 41.8 Å². The van der Waals surface area contributed by atoms with Crippen molar-refractivity contribution in [2.45, 2.75) is 183 Å². The van der Waals surface area contributed by atoms with Crippen LogP contribution < -0.4 is 35.9 Å². The number of aryl methyl sites for hydroxylation is 2. The van der Waals surface area contributed by atoms with Crippen molar-refractivity contribution < 1.29 is 84.9 Å². The zero-order valence-corrected chi connectivity index (χ0v) is 68.1. The first-order valence-corrected chi connectivity index (χ1v) is 37.1. The molecule has 0 saturated carbocycles. The Hall–Kier alpha value is -10.2. The highest BCUT2D eigenvalue weighted by Gasteiger charge is 2.54. The number of aliphatic hydroxyl groups is 2. The second kappa shape index (κ2) is 34.9. The minimum Gasteiger partial charge on any atom is -0.468 e. The second-order valence-electron chi connectivity index (χ2n) is 31.4. The normalized spacial score (nSPS) is 17.6. The van der Waals surface area contributed by atoms with Crippen molar-refractivity contribution in [3.63, 3.8) is 0 Å². The standard InChI is InChI=1S/C36H42F2N6O8.C28H34ClFN6O6.C14H20BFO4/c1-19(2)28-30(20(3)12-13-39-28)43-33-23(14-25(38)29(40-33)27-24(37)10-9-11-26(27)51-18-50-8)31(32(34(43)46)44(48)49)42-15-21(4)41(16-22(42)17-45)35(47)52-36(5,6)7;1-14(2)20-21(15(3)8-9-31-20)35-25-18(10-19(30)24(29)32-25)22(23(26(35)38)36(40)41)34-11-16(4)33(12-17(34)13-37)27(39)42-28(5,6)7;1-13(2)14(3,4)20-15(19-13)12-10(16)7-6-8-11(12)18-9-17-5/h9-14,19,21-22,45H,15-18H2,1-8H3;8-10,14,16-17,37H,11-13H2,1-7H3;6-8H,9H2,1-5H3/t21-,22-;16-,17-;/m11./s1. The van der Waals surface area contributed by atoms with E-state index < -0.39 is 146 Å². The third-order valence-electron chi connectivity index (χ3n) is 19.6. The number of halogens is 5. The molecule has 4 atom stereocenters. The number of carbonyl (C=O) groups excluding carboxylic acids is 2. The van der Waals surface area contributed by atoms with Gasteiger partial charge in [-0.05, 0) is 168 Å². The highest BCUT2D eigenvalue weighted by atomic mass is 35.5. The average Bonchev–Trinajstić information content (AvgIpc) is 0.906. The van der Waals surface area contributed by atoms with Crippen LogP contribution in [0.2, 0.25) is 5.15 Å². The number of fused-ring (bicyclic) bond motifs is 2. The third-order valence-corrected chi connectivity index (χ3v) is 19.9. The van der Waals surface area contributed by atoms with Crippen LogP contribution in [0.4, 0.5) is 49.9 Å². The van der Waals surface area contributed by atoms with Gasteiger partial charge in [0.1, 0.15) is 51.4 Å². The highest BCUT2D eigenvalue weighted by Crippen LogP contribution is 2.45. The molecule has 9 heterocycles. The molecule has 8 aromatic rings. The fraction of sp³-hybridized carbons (Fsp3) is 0.487. The van der Waals surface area contributed by atoms with Crippen molar-refractivity contribution in [3.8, 4) is 34.1 Å².